The third kappa shape index (κ3) is 4.39. The average molecular weight is 344 g/mol. The van der Waals surface area contributed by atoms with Gasteiger partial charge in [0.05, 0.1) is 17.1 Å². The fraction of sp³-hybridized carbons (Fsp3) is 0. The van der Waals surface area contributed by atoms with Crippen LogP contribution >= 0.6 is 0 Å². The number of aliphatic carboxylic acids is 1. The molecule has 0 saturated heterocycles. The second-order valence-corrected chi connectivity index (χ2v) is 5.44. The maximum absolute atomic E-state index is 11.5. The quantitative estimate of drug-likeness (QED) is 0.391. The van der Waals surface area contributed by atoms with Crippen LogP contribution in [0.2, 0.25) is 0 Å². The minimum atomic E-state index is -1.08. The number of carboxylic acid groups (broad SMARTS) is 1. The largest absolute Gasteiger partial charge is 0.476 e. The van der Waals surface area contributed by atoms with Crippen LogP contribution in [-0.2, 0) is 4.79 Å². The van der Waals surface area contributed by atoms with Gasteiger partial charge in [0.15, 0.2) is 5.71 Å². The van der Waals surface area contributed by atoms with E-state index in [0.29, 0.717) is 28.3 Å². The van der Waals surface area contributed by atoms with E-state index < -0.39 is 5.97 Å². The summed E-state index contributed by atoms with van der Waals surface area (Å²) in [7, 11) is 0. The van der Waals surface area contributed by atoms with E-state index in [9.17, 15) is 9.90 Å². The van der Waals surface area contributed by atoms with Gasteiger partial charge in [-0.2, -0.15) is 10.2 Å². The van der Waals surface area contributed by atoms with Gasteiger partial charge in [0.25, 0.3) is 0 Å². The lowest BCUT2D eigenvalue weighted by Crippen LogP contribution is -2.13. The highest BCUT2D eigenvalue weighted by Gasteiger charge is 2.12. The Balaban J connectivity index is 1.80. The van der Waals surface area contributed by atoms with Crippen LogP contribution in [0.25, 0.3) is 0 Å². The molecular weight excluding hydrogens is 328 g/mol. The summed E-state index contributed by atoms with van der Waals surface area (Å²) >= 11 is 0. The summed E-state index contributed by atoms with van der Waals surface area (Å²) in [5.74, 6) is -1.08. The highest BCUT2D eigenvalue weighted by Crippen LogP contribution is 2.22. The van der Waals surface area contributed by atoms with Crippen LogP contribution < -0.4 is 5.73 Å². The molecule has 128 valence electrons. The van der Waals surface area contributed by atoms with E-state index in [1.54, 1.807) is 72.8 Å². The lowest BCUT2D eigenvalue weighted by Gasteiger charge is -2.02. The molecule has 0 bridgehead atoms. The van der Waals surface area contributed by atoms with Crippen LogP contribution in [0, 0.1) is 0 Å². The molecule has 0 heterocycles. The molecule has 6 nitrogen and oxygen atoms in total. The van der Waals surface area contributed by atoms with Crippen molar-refractivity contribution in [1.29, 1.82) is 0 Å². The molecule has 0 aromatic heterocycles. The summed E-state index contributed by atoms with van der Waals surface area (Å²) in [5, 5.41) is 17.7. The second-order valence-electron chi connectivity index (χ2n) is 5.44. The van der Waals surface area contributed by atoms with Gasteiger partial charge in [-0.05, 0) is 48.5 Å². The fourth-order valence-corrected chi connectivity index (χ4v) is 2.21. The SMILES string of the molecule is Nc1ccc(N=Nc2ccc(N=C(C(=O)O)c3ccccc3)cc2)cc1. The standard InChI is InChI=1S/C20H16N4O2/c21-15-6-8-17(9-7-15)23-24-18-12-10-16(11-13-18)22-19(20(25)26)14-4-2-1-3-5-14/h1-13H,21H2,(H,25,26). The first-order valence-corrected chi connectivity index (χ1v) is 7.86. The summed E-state index contributed by atoms with van der Waals surface area (Å²) in [6.45, 7) is 0. The van der Waals surface area contributed by atoms with Crippen LogP contribution in [0.3, 0.4) is 0 Å². The van der Waals surface area contributed by atoms with Gasteiger partial charge in [-0.1, -0.05) is 30.3 Å². The summed E-state index contributed by atoms with van der Waals surface area (Å²) in [5.41, 5.74) is 8.68. The molecule has 0 radical (unpaired) electrons. The molecule has 0 atom stereocenters. The summed E-state index contributed by atoms with van der Waals surface area (Å²) in [6.07, 6.45) is 0. The van der Waals surface area contributed by atoms with Gasteiger partial charge < -0.3 is 10.8 Å². The minimum Gasteiger partial charge on any atom is -0.476 e. The number of azo groups is 1. The number of anilines is 1. The Morgan fingerprint density at radius 1 is 0.731 bits per heavy atom. The Kier molecular flexibility index (Phi) is 5.14. The lowest BCUT2D eigenvalue weighted by molar-refractivity contribution is -0.129. The maximum Gasteiger partial charge on any atom is 0.355 e. The third-order valence-corrected chi connectivity index (χ3v) is 3.51. The second kappa shape index (κ2) is 7.85. The molecule has 3 N–H and O–H groups in total. The van der Waals surface area contributed by atoms with Gasteiger partial charge in [-0.3, -0.25) is 0 Å². The van der Waals surface area contributed by atoms with Crippen LogP contribution in [0.5, 0.6) is 0 Å². The first kappa shape index (κ1) is 17.0. The zero-order valence-corrected chi connectivity index (χ0v) is 13.8. The van der Waals surface area contributed by atoms with Gasteiger partial charge in [-0.25, -0.2) is 9.79 Å². The Morgan fingerprint density at radius 3 is 1.77 bits per heavy atom. The van der Waals surface area contributed by atoms with E-state index in [1.165, 1.54) is 0 Å². The predicted molar refractivity (Wildman–Crippen MR) is 102 cm³/mol. The number of aliphatic imine (C=N–C) groups is 1. The van der Waals surface area contributed by atoms with E-state index >= 15 is 0 Å². The number of hydrogen-bond acceptors (Lipinski definition) is 5. The lowest BCUT2D eigenvalue weighted by atomic mass is 10.1. The van der Waals surface area contributed by atoms with Crippen LogP contribution in [0.15, 0.2) is 94.1 Å². The van der Waals surface area contributed by atoms with Gasteiger partial charge in [0, 0.05) is 11.3 Å². The van der Waals surface area contributed by atoms with Crippen LogP contribution in [0.1, 0.15) is 5.56 Å². The van der Waals surface area contributed by atoms with Crippen molar-refractivity contribution in [2.45, 2.75) is 0 Å². The first-order chi connectivity index (χ1) is 12.6. The van der Waals surface area contributed by atoms with E-state index in [4.69, 9.17) is 5.73 Å². The van der Waals surface area contributed by atoms with Gasteiger partial charge in [0.2, 0.25) is 0 Å². The maximum atomic E-state index is 11.5. The van der Waals surface area contributed by atoms with Gasteiger partial charge >= 0.3 is 5.97 Å². The number of benzene rings is 3. The summed E-state index contributed by atoms with van der Waals surface area (Å²) in [4.78, 5) is 15.7. The number of nitrogens with two attached hydrogens (primary N) is 1. The molecule has 26 heavy (non-hydrogen) atoms. The molecule has 3 aromatic rings. The van der Waals surface area contributed by atoms with Crippen LogP contribution in [0.4, 0.5) is 22.7 Å². The van der Waals surface area contributed by atoms with E-state index in [1.807, 2.05) is 6.07 Å². The topological polar surface area (TPSA) is 100 Å². The highest BCUT2D eigenvalue weighted by molar-refractivity contribution is 6.43. The highest BCUT2D eigenvalue weighted by atomic mass is 16.4. The Labute approximate surface area is 150 Å². The summed E-state index contributed by atoms with van der Waals surface area (Å²) < 4.78 is 0. The number of rotatable bonds is 5. The van der Waals surface area contributed by atoms with Crippen molar-refractivity contribution in [2.24, 2.45) is 15.2 Å². The minimum absolute atomic E-state index is 0.0122. The summed E-state index contributed by atoms with van der Waals surface area (Å²) in [6, 6.07) is 22.7. The van der Waals surface area contributed by atoms with E-state index in [0.717, 1.165) is 0 Å². The molecule has 0 aliphatic carbocycles. The van der Waals surface area contributed by atoms with Crippen molar-refractivity contribution >= 4 is 34.4 Å². The van der Waals surface area contributed by atoms with Crippen LogP contribution in [-0.4, -0.2) is 16.8 Å². The smallest absolute Gasteiger partial charge is 0.355 e. The van der Waals surface area contributed by atoms with Gasteiger partial charge in [-0.15, -0.1) is 0 Å². The predicted octanol–water partition coefficient (Wildman–Crippen LogP) is 4.89. The molecule has 3 aromatic carbocycles. The van der Waals surface area contributed by atoms with Gasteiger partial charge in [0.1, 0.15) is 0 Å². The average Bonchev–Trinajstić information content (AvgIpc) is 2.67. The van der Waals surface area contributed by atoms with E-state index in [-0.39, 0.29) is 5.71 Å². The molecular formula is C20H16N4O2. The van der Waals surface area contributed by atoms with Crippen molar-refractivity contribution in [3.8, 4) is 0 Å². The van der Waals surface area contributed by atoms with Crippen molar-refractivity contribution in [1.82, 2.24) is 0 Å². The molecule has 0 unspecified atom stereocenters. The Hall–Kier alpha value is -3.80. The molecule has 0 aliphatic rings. The Bertz CT molecular complexity index is 947. The third-order valence-electron chi connectivity index (χ3n) is 3.51. The molecule has 0 spiro atoms. The molecule has 6 heteroatoms. The van der Waals surface area contributed by atoms with Crippen molar-refractivity contribution < 1.29 is 9.90 Å². The number of carboxylic acids is 1. The molecule has 0 amide bonds. The zero-order valence-electron chi connectivity index (χ0n) is 13.8. The number of nitrogen functional groups attached to an aromatic ring is 1. The first-order valence-electron chi connectivity index (χ1n) is 7.86. The monoisotopic (exact) mass is 344 g/mol. The van der Waals surface area contributed by atoms with E-state index in [2.05, 4.69) is 15.2 Å². The normalized spacial score (nSPS) is 11.6. The molecule has 0 saturated carbocycles. The molecule has 0 aliphatic heterocycles. The molecule has 0 fully saturated rings. The fourth-order valence-electron chi connectivity index (χ4n) is 2.21. The van der Waals surface area contributed by atoms with Crippen molar-refractivity contribution in [3.05, 3.63) is 84.4 Å². The number of hydrogen-bond donors (Lipinski definition) is 2. The van der Waals surface area contributed by atoms with Crippen molar-refractivity contribution in [2.75, 3.05) is 5.73 Å². The zero-order chi connectivity index (χ0) is 18.4. The van der Waals surface area contributed by atoms with Crippen molar-refractivity contribution in [3.63, 3.8) is 0 Å². The number of carbonyl (C=O) groups is 1. The Morgan fingerprint density at radius 2 is 1.23 bits per heavy atom. The molecule has 3 rings (SSSR count). The number of nitrogens with zero attached hydrogens (tertiary/aromatic N) is 3.